The van der Waals surface area contributed by atoms with Gasteiger partial charge in [0.1, 0.15) is 5.56 Å². The van der Waals surface area contributed by atoms with Crippen molar-refractivity contribution in [3.05, 3.63) is 39.2 Å². The molecule has 0 radical (unpaired) electrons. The molecule has 1 N–H and O–H groups in total. The molecule has 20 heavy (non-hydrogen) atoms. The molecule has 0 atom stereocenters. The Kier molecular flexibility index (Phi) is 5.23. The Morgan fingerprint density at radius 2 is 2.20 bits per heavy atom. The van der Waals surface area contributed by atoms with Crippen molar-refractivity contribution in [3.8, 4) is 5.88 Å². The van der Waals surface area contributed by atoms with E-state index in [2.05, 4.69) is 9.69 Å². The molecule has 1 amide bonds. The van der Waals surface area contributed by atoms with Crippen LogP contribution in [0.4, 0.5) is 5.69 Å². The largest absolute Gasteiger partial charge is 0.477 e. The fourth-order valence-electron chi connectivity index (χ4n) is 1.45. The summed E-state index contributed by atoms with van der Waals surface area (Å²) in [6.45, 7) is 2.51. The van der Waals surface area contributed by atoms with E-state index in [4.69, 9.17) is 27.9 Å². The van der Waals surface area contributed by atoms with E-state index in [0.717, 1.165) is 6.42 Å². The number of aromatic nitrogens is 1. The monoisotopic (exact) mass is 330 g/mol. The number of carbonyl (C=O) groups excluding carboxylic acids is 1. The summed E-state index contributed by atoms with van der Waals surface area (Å²) in [7, 11) is 0. The van der Waals surface area contributed by atoms with Crippen LogP contribution in [0.1, 0.15) is 23.7 Å². The normalized spacial score (nSPS) is 10.3. The van der Waals surface area contributed by atoms with Crippen LogP contribution < -0.4 is 10.1 Å². The van der Waals surface area contributed by atoms with Gasteiger partial charge in [-0.15, -0.1) is 0 Å². The van der Waals surface area contributed by atoms with E-state index >= 15 is 0 Å². The van der Waals surface area contributed by atoms with Crippen LogP contribution in [0.2, 0.25) is 10.0 Å². The zero-order chi connectivity index (χ0) is 14.5. The Hall–Kier alpha value is -1.30. The van der Waals surface area contributed by atoms with Crippen LogP contribution in [0.3, 0.4) is 0 Å². The molecule has 0 saturated heterocycles. The molecule has 0 aliphatic carbocycles. The lowest BCUT2D eigenvalue weighted by Crippen LogP contribution is -2.13. The zero-order valence-electron chi connectivity index (χ0n) is 10.7. The molecule has 0 unspecified atom stereocenters. The molecule has 4 nitrogen and oxygen atoms in total. The summed E-state index contributed by atoms with van der Waals surface area (Å²) >= 11 is 12.9. The van der Waals surface area contributed by atoms with Gasteiger partial charge in [0, 0.05) is 11.1 Å². The number of rotatable bonds is 5. The highest BCUT2D eigenvalue weighted by atomic mass is 35.5. The highest BCUT2D eigenvalue weighted by molar-refractivity contribution is 7.04. The summed E-state index contributed by atoms with van der Waals surface area (Å²) < 4.78 is 9.48. The van der Waals surface area contributed by atoms with Crippen LogP contribution in [-0.4, -0.2) is 16.9 Å². The van der Waals surface area contributed by atoms with Crippen LogP contribution in [0.25, 0.3) is 0 Å². The molecule has 0 saturated carbocycles. The van der Waals surface area contributed by atoms with Gasteiger partial charge in [0.05, 0.1) is 16.7 Å². The van der Waals surface area contributed by atoms with Crippen LogP contribution in [0, 0.1) is 0 Å². The molecular weight excluding hydrogens is 319 g/mol. The molecule has 1 aromatic carbocycles. The van der Waals surface area contributed by atoms with Gasteiger partial charge in [0.25, 0.3) is 5.91 Å². The van der Waals surface area contributed by atoms with Gasteiger partial charge in [-0.2, -0.15) is 4.37 Å². The Labute approximate surface area is 130 Å². The summed E-state index contributed by atoms with van der Waals surface area (Å²) in [6.07, 6.45) is 0.853. The molecule has 2 rings (SSSR count). The molecule has 0 aliphatic rings. The fraction of sp³-hybridized carbons (Fsp3) is 0.231. The van der Waals surface area contributed by atoms with Crippen molar-refractivity contribution in [2.75, 3.05) is 11.9 Å². The number of hydrogen-bond acceptors (Lipinski definition) is 4. The first kappa shape index (κ1) is 15.1. The van der Waals surface area contributed by atoms with Crippen LogP contribution in [0.15, 0.2) is 23.6 Å². The van der Waals surface area contributed by atoms with Crippen molar-refractivity contribution in [3.63, 3.8) is 0 Å². The van der Waals surface area contributed by atoms with Crippen molar-refractivity contribution >= 4 is 46.3 Å². The Morgan fingerprint density at radius 1 is 1.40 bits per heavy atom. The third-order valence-corrected chi connectivity index (χ3v) is 3.75. The number of carbonyl (C=O) groups is 1. The maximum Gasteiger partial charge on any atom is 0.262 e. The number of amides is 1. The second-order valence-electron chi connectivity index (χ2n) is 3.96. The maximum atomic E-state index is 12.2. The summed E-state index contributed by atoms with van der Waals surface area (Å²) in [5.41, 5.74) is 0.978. The maximum absolute atomic E-state index is 12.2. The van der Waals surface area contributed by atoms with E-state index in [-0.39, 0.29) is 5.91 Å². The quantitative estimate of drug-likeness (QED) is 0.878. The number of hydrogen-bond donors (Lipinski definition) is 1. The van der Waals surface area contributed by atoms with Gasteiger partial charge < -0.3 is 10.1 Å². The molecule has 2 aromatic rings. The Bertz CT molecular complexity index is 616. The van der Waals surface area contributed by atoms with E-state index in [1.54, 1.807) is 23.6 Å². The summed E-state index contributed by atoms with van der Waals surface area (Å²) in [6, 6.07) is 4.90. The number of anilines is 1. The molecule has 7 heteroatoms. The first-order valence-corrected chi connectivity index (χ1v) is 7.54. The van der Waals surface area contributed by atoms with Gasteiger partial charge in [-0.05, 0) is 36.2 Å². The van der Waals surface area contributed by atoms with Crippen molar-refractivity contribution in [1.29, 1.82) is 0 Å². The predicted molar refractivity (Wildman–Crippen MR) is 82.3 cm³/mol. The van der Waals surface area contributed by atoms with Gasteiger partial charge >= 0.3 is 0 Å². The standard InChI is InChI=1S/C13H12Cl2N2O2S/c1-2-5-19-13-9(7-20-17-13)12(18)16-8-3-4-10(14)11(15)6-8/h3-4,6-7H,2,5H2,1H3,(H,16,18). The smallest absolute Gasteiger partial charge is 0.262 e. The highest BCUT2D eigenvalue weighted by Crippen LogP contribution is 2.26. The lowest BCUT2D eigenvalue weighted by molar-refractivity contribution is 0.102. The Morgan fingerprint density at radius 3 is 2.90 bits per heavy atom. The molecule has 1 aromatic heterocycles. The summed E-state index contributed by atoms with van der Waals surface area (Å²) in [4.78, 5) is 12.2. The minimum Gasteiger partial charge on any atom is -0.477 e. The van der Waals surface area contributed by atoms with Crippen molar-refractivity contribution < 1.29 is 9.53 Å². The average Bonchev–Trinajstić information content (AvgIpc) is 2.89. The molecule has 0 bridgehead atoms. The van der Waals surface area contributed by atoms with E-state index in [1.165, 1.54) is 11.5 Å². The van der Waals surface area contributed by atoms with Gasteiger partial charge in [-0.25, -0.2) is 0 Å². The Balaban J connectivity index is 2.11. The van der Waals surface area contributed by atoms with Crippen LogP contribution in [0.5, 0.6) is 5.88 Å². The van der Waals surface area contributed by atoms with Crippen molar-refractivity contribution in [2.45, 2.75) is 13.3 Å². The minimum absolute atomic E-state index is 0.289. The van der Waals surface area contributed by atoms with Crippen LogP contribution >= 0.6 is 34.7 Å². The summed E-state index contributed by atoms with van der Waals surface area (Å²) in [5.74, 6) is 0.0673. The average molecular weight is 331 g/mol. The second kappa shape index (κ2) is 6.92. The van der Waals surface area contributed by atoms with Crippen LogP contribution in [-0.2, 0) is 0 Å². The lowest BCUT2D eigenvalue weighted by Gasteiger charge is -2.07. The summed E-state index contributed by atoms with van der Waals surface area (Å²) in [5, 5.41) is 5.21. The highest BCUT2D eigenvalue weighted by Gasteiger charge is 2.16. The lowest BCUT2D eigenvalue weighted by atomic mass is 10.3. The van der Waals surface area contributed by atoms with Gasteiger partial charge in [-0.1, -0.05) is 30.1 Å². The second-order valence-corrected chi connectivity index (χ2v) is 5.41. The third kappa shape index (κ3) is 3.62. The van der Waals surface area contributed by atoms with E-state index in [9.17, 15) is 4.79 Å². The number of ether oxygens (including phenoxy) is 1. The molecular formula is C13H12Cl2N2O2S. The van der Waals surface area contributed by atoms with E-state index in [0.29, 0.717) is 33.8 Å². The molecule has 106 valence electrons. The van der Waals surface area contributed by atoms with Gasteiger partial charge in [0.2, 0.25) is 5.88 Å². The molecule has 0 aliphatic heterocycles. The molecule has 0 fully saturated rings. The molecule has 0 spiro atoms. The molecule has 1 heterocycles. The fourth-order valence-corrected chi connectivity index (χ4v) is 2.36. The number of halogens is 2. The topological polar surface area (TPSA) is 51.2 Å². The zero-order valence-corrected chi connectivity index (χ0v) is 13.0. The first-order valence-electron chi connectivity index (χ1n) is 5.95. The van der Waals surface area contributed by atoms with Crippen molar-refractivity contribution in [1.82, 2.24) is 4.37 Å². The number of nitrogens with one attached hydrogen (secondary N) is 1. The predicted octanol–water partition coefficient (Wildman–Crippen LogP) is 4.49. The van der Waals surface area contributed by atoms with E-state index in [1.807, 2.05) is 6.92 Å². The van der Waals surface area contributed by atoms with E-state index < -0.39 is 0 Å². The first-order chi connectivity index (χ1) is 9.61. The minimum atomic E-state index is -0.289. The number of nitrogens with zero attached hydrogens (tertiary/aromatic N) is 1. The SMILES string of the molecule is CCCOc1nscc1C(=O)Nc1ccc(Cl)c(Cl)c1. The third-order valence-electron chi connectivity index (χ3n) is 2.40. The van der Waals surface area contributed by atoms with Gasteiger partial charge in [-0.3, -0.25) is 4.79 Å². The van der Waals surface area contributed by atoms with Crippen molar-refractivity contribution in [2.24, 2.45) is 0 Å². The number of benzene rings is 1. The van der Waals surface area contributed by atoms with Gasteiger partial charge in [0.15, 0.2) is 0 Å².